The maximum Gasteiger partial charge on any atom is 0.300 e. The van der Waals surface area contributed by atoms with Gasteiger partial charge in [-0.25, -0.2) is 0 Å². The SMILES string of the molecule is COc1ccc(/C(O)=C2/C(=O)C(=O)N(c3cc(Cl)ccc3C)C2c2ccco2)cc1Br. The van der Waals surface area contributed by atoms with Gasteiger partial charge in [-0.15, -0.1) is 0 Å². The number of aliphatic hydroxyl groups is 1. The molecular formula is C23H17BrClNO5. The van der Waals surface area contributed by atoms with Gasteiger partial charge < -0.3 is 14.3 Å². The first-order chi connectivity index (χ1) is 14.8. The fourth-order valence-electron chi connectivity index (χ4n) is 3.61. The molecule has 1 amide bonds. The van der Waals surface area contributed by atoms with Crippen LogP contribution in [0.3, 0.4) is 0 Å². The Kier molecular flexibility index (Phi) is 5.64. The first-order valence-electron chi connectivity index (χ1n) is 9.28. The van der Waals surface area contributed by atoms with Crippen molar-refractivity contribution < 1.29 is 23.8 Å². The second-order valence-electron chi connectivity index (χ2n) is 6.96. The molecule has 6 nitrogen and oxygen atoms in total. The van der Waals surface area contributed by atoms with Crippen LogP contribution in [0, 0.1) is 6.92 Å². The molecule has 1 fully saturated rings. The Hall–Kier alpha value is -3.03. The van der Waals surface area contributed by atoms with Gasteiger partial charge in [0.2, 0.25) is 0 Å². The molecule has 1 aliphatic rings. The van der Waals surface area contributed by atoms with Gasteiger partial charge in [0.1, 0.15) is 23.3 Å². The smallest absolute Gasteiger partial charge is 0.300 e. The number of rotatable bonds is 4. The zero-order chi connectivity index (χ0) is 22.3. The highest BCUT2D eigenvalue weighted by atomic mass is 79.9. The second kappa shape index (κ2) is 8.24. The van der Waals surface area contributed by atoms with Crippen molar-refractivity contribution in [1.29, 1.82) is 0 Å². The number of aryl methyl sites for hydroxylation is 1. The van der Waals surface area contributed by atoms with E-state index in [4.69, 9.17) is 20.8 Å². The van der Waals surface area contributed by atoms with E-state index in [-0.39, 0.29) is 11.3 Å². The number of amides is 1. The lowest BCUT2D eigenvalue weighted by Gasteiger charge is -2.25. The Balaban J connectivity index is 1.94. The van der Waals surface area contributed by atoms with Gasteiger partial charge in [0, 0.05) is 16.3 Å². The number of halogens is 2. The standard InChI is InChI=1S/C23H17BrClNO5/c1-12-5-7-14(25)11-16(12)26-20(18-4-3-9-31-18)19(22(28)23(26)29)21(27)13-6-8-17(30-2)15(24)10-13/h3-11,20,27H,1-2H3/b21-19-. The monoisotopic (exact) mass is 501 g/mol. The van der Waals surface area contributed by atoms with E-state index in [1.807, 2.05) is 6.92 Å². The molecule has 8 heteroatoms. The highest BCUT2D eigenvalue weighted by molar-refractivity contribution is 9.10. The molecule has 1 aliphatic heterocycles. The minimum Gasteiger partial charge on any atom is -0.507 e. The number of carbonyl (C=O) groups is 2. The van der Waals surface area contributed by atoms with E-state index in [1.54, 1.807) is 48.5 Å². The summed E-state index contributed by atoms with van der Waals surface area (Å²) in [5, 5.41) is 11.5. The van der Waals surface area contributed by atoms with Crippen LogP contribution in [0.15, 0.2) is 69.3 Å². The quantitative estimate of drug-likeness (QED) is 0.284. The average molecular weight is 503 g/mol. The van der Waals surface area contributed by atoms with Gasteiger partial charge in [-0.05, 0) is 70.9 Å². The average Bonchev–Trinajstić information content (AvgIpc) is 3.36. The largest absolute Gasteiger partial charge is 0.507 e. The molecule has 2 aromatic carbocycles. The van der Waals surface area contributed by atoms with Crippen LogP contribution < -0.4 is 9.64 Å². The molecule has 1 unspecified atom stereocenters. The maximum atomic E-state index is 13.1. The molecule has 1 N–H and O–H groups in total. The summed E-state index contributed by atoms with van der Waals surface area (Å²) in [6, 6.07) is 12.3. The number of Topliss-reactive ketones (excluding diaryl/α,β-unsaturated/α-hetero) is 1. The zero-order valence-corrected chi connectivity index (χ0v) is 18.9. The highest BCUT2D eigenvalue weighted by Gasteiger charge is 2.48. The van der Waals surface area contributed by atoms with Crippen molar-refractivity contribution in [2.75, 3.05) is 12.0 Å². The maximum absolute atomic E-state index is 13.1. The van der Waals surface area contributed by atoms with Crippen molar-refractivity contribution in [3.63, 3.8) is 0 Å². The number of carbonyl (C=O) groups excluding carboxylic acids is 2. The number of aliphatic hydroxyl groups excluding tert-OH is 1. The number of furan rings is 1. The van der Waals surface area contributed by atoms with Gasteiger partial charge in [-0.3, -0.25) is 14.5 Å². The van der Waals surface area contributed by atoms with Crippen molar-refractivity contribution in [2.24, 2.45) is 0 Å². The van der Waals surface area contributed by atoms with E-state index in [0.717, 1.165) is 5.56 Å². The molecule has 0 bridgehead atoms. The van der Waals surface area contributed by atoms with Crippen molar-refractivity contribution in [3.8, 4) is 5.75 Å². The predicted molar refractivity (Wildman–Crippen MR) is 120 cm³/mol. The molecule has 158 valence electrons. The predicted octanol–water partition coefficient (Wildman–Crippen LogP) is 5.64. The van der Waals surface area contributed by atoms with Crippen molar-refractivity contribution in [3.05, 3.63) is 86.7 Å². The minimum atomic E-state index is -0.951. The van der Waals surface area contributed by atoms with E-state index >= 15 is 0 Å². The Bertz CT molecular complexity index is 1220. The Morgan fingerprint density at radius 2 is 1.97 bits per heavy atom. The summed E-state index contributed by atoms with van der Waals surface area (Å²) >= 11 is 9.54. The molecule has 0 radical (unpaired) electrons. The third-order valence-electron chi connectivity index (χ3n) is 5.11. The van der Waals surface area contributed by atoms with Gasteiger partial charge in [0.25, 0.3) is 11.7 Å². The number of ketones is 1. The van der Waals surface area contributed by atoms with Crippen molar-refractivity contribution in [2.45, 2.75) is 13.0 Å². The highest BCUT2D eigenvalue weighted by Crippen LogP contribution is 2.44. The summed E-state index contributed by atoms with van der Waals surface area (Å²) in [6.45, 7) is 1.81. The zero-order valence-electron chi connectivity index (χ0n) is 16.6. The summed E-state index contributed by atoms with van der Waals surface area (Å²) in [5.74, 6) is -1.00. The molecule has 1 saturated heterocycles. The van der Waals surface area contributed by atoms with Crippen LogP contribution in [0.2, 0.25) is 5.02 Å². The number of benzene rings is 2. The second-order valence-corrected chi connectivity index (χ2v) is 8.26. The summed E-state index contributed by atoms with van der Waals surface area (Å²) in [7, 11) is 1.52. The lowest BCUT2D eigenvalue weighted by molar-refractivity contribution is -0.132. The first kappa shape index (κ1) is 21.2. The van der Waals surface area contributed by atoms with Gasteiger partial charge in [0.15, 0.2) is 0 Å². The molecule has 3 aromatic rings. The van der Waals surface area contributed by atoms with Gasteiger partial charge in [-0.2, -0.15) is 0 Å². The normalized spacial score (nSPS) is 17.9. The molecule has 4 rings (SSSR count). The molecule has 1 atom stereocenters. The van der Waals surface area contributed by atoms with E-state index in [9.17, 15) is 14.7 Å². The molecule has 1 aromatic heterocycles. The number of hydrogen-bond acceptors (Lipinski definition) is 5. The molecule has 31 heavy (non-hydrogen) atoms. The third kappa shape index (κ3) is 3.64. The lowest BCUT2D eigenvalue weighted by atomic mass is 9.99. The van der Waals surface area contributed by atoms with Gasteiger partial charge in [0.05, 0.1) is 23.4 Å². The number of ether oxygens (including phenoxy) is 1. The summed E-state index contributed by atoms with van der Waals surface area (Å²) in [6.07, 6.45) is 1.45. The number of methoxy groups -OCH3 is 1. The van der Waals surface area contributed by atoms with E-state index in [0.29, 0.717) is 32.3 Å². The van der Waals surface area contributed by atoms with E-state index < -0.39 is 17.7 Å². The molecule has 0 aliphatic carbocycles. The molecular weight excluding hydrogens is 486 g/mol. The summed E-state index contributed by atoms with van der Waals surface area (Å²) in [5.41, 5.74) is 1.49. The van der Waals surface area contributed by atoms with Crippen LogP contribution >= 0.6 is 27.5 Å². The van der Waals surface area contributed by atoms with Gasteiger partial charge in [-0.1, -0.05) is 17.7 Å². The fraction of sp³-hybridized carbons (Fsp3) is 0.130. The van der Waals surface area contributed by atoms with Crippen LogP contribution in [0.25, 0.3) is 5.76 Å². The number of nitrogens with zero attached hydrogens (tertiary/aromatic N) is 1. The summed E-state index contributed by atoms with van der Waals surface area (Å²) < 4.78 is 11.4. The van der Waals surface area contributed by atoms with E-state index in [2.05, 4.69) is 15.9 Å². The minimum absolute atomic E-state index is 0.0728. The Morgan fingerprint density at radius 1 is 1.19 bits per heavy atom. The van der Waals surface area contributed by atoms with Crippen LogP contribution in [0.5, 0.6) is 5.75 Å². The van der Waals surface area contributed by atoms with Crippen LogP contribution in [0.1, 0.15) is 22.9 Å². The molecule has 0 saturated carbocycles. The third-order valence-corrected chi connectivity index (χ3v) is 5.97. The van der Waals surface area contributed by atoms with Gasteiger partial charge >= 0.3 is 0 Å². The van der Waals surface area contributed by atoms with Crippen molar-refractivity contribution >= 4 is 50.7 Å². The lowest BCUT2D eigenvalue weighted by Crippen LogP contribution is -2.30. The van der Waals surface area contributed by atoms with Crippen molar-refractivity contribution in [1.82, 2.24) is 0 Å². The summed E-state index contributed by atoms with van der Waals surface area (Å²) in [4.78, 5) is 27.5. The fourth-order valence-corrected chi connectivity index (χ4v) is 4.32. The Labute approximate surface area is 191 Å². The van der Waals surface area contributed by atoms with Crippen LogP contribution in [0.4, 0.5) is 5.69 Å². The first-order valence-corrected chi connectivity index (χ1v) is 10.4. The molecule has 2 heterocycles. The number of anilines is 1. The van der Waals surface area contributed by atoms with Crippen LogP contribution in [-0.2, 0) is 9.59 Å². The molecule has 0 spiro atoms. The Morgan fingerprint density at radius 3 is 2.61 bits per heavy atom. The topological polar surface area (TPSA) is 80.0 Å². The van der Waals surface area contributed by atoms with Crippen LogP contribution in [-0.4, -0.2) is 23.9 Å². The number of hydrogen-bond donors (Lipinski definition) is 1. The van der Waals surface area contributed by atoms with E-state index in [1.165, 1.54) is 18.3 Å².